The summed E-state index contributed by atoms with van der Waals surface area (Å²) in [5, 5.41) is 22.0. The first-order chi connectivity index (χ1) is 8.75. The molecule has 18 heavy (non-hydrogen) atoms. The van der Waals surface area contributed by atoms with Gasteiger partial charge in [0, 0.05) is 18.0 Å². The van der Waals surface area contributed by atoms with Crippen molar-refractivity contribution in [3.63, 3.8) is 0 Å². The molecule has 1 saturated carbocycles. The number of H-pyrrole nitrogens is 1. The summed E-state index contributed by atoms with van der Waals surface area (Å²) < 4.78 is 0. The molecule has 3 rings (SSSR count). The molecule has 1 atom stereocenters. The lowest BCUT2D eigenvalue weighted by Gasteiger charge is -2.27. The molecule has 0 bridgehead atoms. The fraction of sp³-hybridized carbons (Fsp3) is 0.462. The number of hydrogen-bond acceptors (Lipinski definition) is 3. The Hall–Kier alpha value is -1.10. The van der Waals surface area contributed by atoms with Crippen LogP contribution in [0.1, 0.15) is 30.9 Å². The second-order valence-electron chi connectivity index (χ2n) is 4.85. The molecule has 1 aliphatic rings. The van der Waals surface area contributed by atoms with Crippen LogP contribution in [0.3, 0.4) is 0 Å². The molecule has 4 nitrogen and oxygen atoms in total. The minimum Gasteiger partial charge on any atom is -0.387 e. The summed E-state index contributed by atoms with van der Waals surface area (Å²) in [7, 11) is 0. The summed E-state index contributed by atoms with van der Waals surface area (Å²) in [4.78, 5) is 0. The quantitative estimate of drug-likeness (QED) is 0.796. The minimum atomic E-state index is -0.525. The summed E-state index contributed by atoms with van der Waals surface area (Å²) in [6.07, 6.45) is 4.91. The third kappa shape index (κ3) is 2.11. The Morgan fingerprint density at radius 3 is 3.06 bits per heavy atom. The van der Waals surface area contributed by atoms with E-state index in [1.807, 2.05) is 6.07 Å². The Bertz CT molecular complexity index is 550. The zero-order chi connectivity index (χ0) is 12.5. The van der Waals surface area contributed by atoms with E-state index in [0.717, 1.165) is 16.5 Å². The van der Waals surface area contributed by atoms with Crippen molar-refractivity contribution in [2.45, 2.75) is 31.4 Å². The van der Waals surface area contributed by atoms with E-state index in [9.17, 15) is 5.11 Å². The van der Waals surface area contributed by atoms with Gasteiger partial charge in [0.25, 0.3) is 0 Å². The van der Waals surface area contributed by atoms with Crippen molar-refractivity contribution < 1.29 is 5.11 Å². The second kappa shape index (κ2) is 4.88. The van der Waals surface area contributed by atoms with Gasteiger partial charge in [-0.15, -0.1) is 0 Å². The van der Waals surface area contributed by atoms with Crippen molar-refractivity contribution in [3.05, 3.63) is 28.9 Å². The average molecular weight is 266 g/mol. The molecule has 0 unspecified atom stereocenters. The third-order valence-corrected chi connectivity index (χ3v) is 3.98. The lowest BCUT2D eigenvalue weighted by molar-refractivity contribution is 0.162. The van der Waals surface area contributed by atoms with Gasteiger partial charge >= 0.3 is 0 Å². The van der Waals surface area contributed by atoms with Gasteiger partial charge in [0.1, 0.15) is 0 Å². The number of benzene rings is 1. The summed E-state index contributed by atoms with van der Waals surface area (Å²) in [5.41, 5.74) is 1.66. The Morgan fingerprint density at radius 2 is 2.33 bits per heavy atom. The van der Waals surface area contributed by atoms with Gasteiger partial charge in [-0.3, -0.25) is 5.10 Å². The summed E-state index contributed by atoms with van der Waals surface area (Å²) in [5.74, 6) is 0. The van der Waals surface area contributed by atoms with Crippen molar-refractivity contribution >= 4 is 22.5 Å². The molecule has 1 aromatic carbocycles. The van der Waals surface area contributed by atoms with E-state index in [1.54, 1.807) is 12.3 Å². The normalized spacial score (nSPS) is 17.9. The highest BCUT2D eigenvalue weighted by atomic mass is 35.5. The third-order valence-electron chi connectivity index (χ3n) is 3.66. The highest BCUT2D eigenvalue weighted by molar-refractivity contribution is 6.35. The van der Waals surface area contributed by atoms with Crippen LogP contribution >= 0.6 is 11.6 Å². The van der Waals surface area contributed by atoms with E-state index in [4.69, 9.17) is 11.6 Å². The zero-order valence-corrected chi connectivity index (χ0v) is 10.7. The number of aliphatic hydroxyl groups is 1. The molecule has 0 amide bonds. The van der Waals surface area contributed by atoms with Crippen molar-refractivity contribution in [1.82, 2.24) is 15.5 Å². The maximum atomic E-state index is 10.2. The van der Waals surface area contributed by atoms with Gasteiger partial charge in [0.05, 0.1) is 22.8 Å². The number of halogens is 1. The first-order valence-corrected chi connectivity index (χ1v) is 6.66. The fourth-order valence-corrected chi connectivity index (χ4v) is 2.52. The number of nitrogens with one attached hydrogen (secondary N) is 2. The Kier molecular flexibility index (Phi) is 3.24. The van der Waals surface area contributed by atoms with E-state index in [0.29, 0.717) is 17.6 Å². The van der Waals surface area contributed by atoms with Crippen LogP contribution in [0.5, 0.6) is 0 Å². The monoisotopic (exact) mass is 265 g/mol. The lowest BCUT2D eigenvalue weighted by atomic mass is 9.93. The predicted molar refractivity (Wildman–Crippen MR) is 71.7 cm³/mol. The van der Waals surface area contributed by atoms with Crippen LogP contribution in [-0.4, -0.2) is 27.9 Å². The molecule has 0 aliphatic heterocycles. The number of fused-ring (bicyclic) bond motifs is 1. The summed E-state index contributed by atoms with van der Waals surface area (Å²) in [6.45, 7) is 0.576. The minimum absolute atomic E-state index is 0.525. The summed E-state index contributed by atoms with van der Waals surface area (Å²) in [6, 6.07) is 4.24. The maximum Gasteiger partial charge on any atom is 0.0921 e. The smallest absolute Gasteiger partial charge is 0.0921 e. The van der Waals surface area contributed by atoms with E-state index >= 15 is 0 Å². The van der Waals surface area contributed by atoms with Gasteiger partial charge in [0.15, 0.2) is 0 Å². The van der Waals surface area contributed by atoms with Crippen molar-refractivity contribution in [2.24, 2.45) is 0 Å². The molecule has 0 radical (unpaired) electrons. The fourth-order valence-electron chi connectivity index (χ4n) is 2.31. The van der Waals surface area contributed by atoms with E-state index in [-0.39, 0.29) is 0 Å². The van der Waals surface area contributed by atoms with Crippen molar-refractivity contribution in [2.75, 3.05) is 6.54 Å². The molecule has 96 valence electrons. The van der Waals surface area contributed by atoms with Crippen LogP contribution in [0.15, 0.2) is 18.3 Å². The standard InChI is InChI=1S/C13H16ClN3O/c14-11-5-4-9(10-6-16-17-13(10)11)12(18)7-15-8-2-1-3-8/h4-6,8,12,15,18H,1-3,7H2,(H,16,17)/t12-/m0/s1. The first-order valence-electron chi connectivity index (χ1n) is 6.28. The van der Waals surface area contributed by atoms with Crippen molar-refractivity contribution in [3.8, 4) is 0 Å². The molecular formula is C13H16ClN3O. The van der Waals surface area contributed by atoms with E-state index in [2.05, 4.69) is 15.5 Å². The zero-order valence-electron chi connectivity index (χ0n) is 9.99. The molecule has 0 spiro atoms. The van der Waals surface area contributed by atoms with Gasteiger partial charge < -0.3 is 10.4 Å². The molecule has 1 fully saturated rings. The van der Waals surface area contributed by atoms with Crippen LogP contribution in [0.25, 0.3) is 10.9 Å². The molecule has 0 saturated heterocycles. The van der Waals surface area contributed by atoms with Gasteiger partial charge in [-0.05, 0) is 24.5 Å². The van der Waals surface area contributed by atoms with Crippen LogP contribution in [-0.2, 0) is 0 Å². The number of aliphatic hydroxyl groups excluding tert-OH is 1. The molecule has 1 aliphatic carbocycles. The number of aromatic nitrogens is 2. The molecule has 5 heteroatoms. The topological polar surface area (TPSA) is 60.9 Å². The highest BCUT2D eigenvalue weighted by Gasteiger charge is 2.19. The Labute approximate surface area is 110 Å². The predicted octanol–water partition coefficient (Wildman–Crippen LogP) is 2.39. The highest BCUT2D eigenvalue weighted by Crippen LogP contribution is 2.28. The average Bonchev–Trinajstić information content (AvgIpc) is 2.77. The number of aromatic amines is 1. The van der Waals surface area contributed by atoms with Crippen LogP contribution in [0, 0.1) is 0 Å². The molecular weight excluding hydrogens is 250 g/mol. The molecule has 1 heterocycles. The van der Waals surface area contributed by atoms with Crippen LogP contribution in [0.4, 0.5) is 0 Å². The second-order valence-corrected chi connectivity index (χ2v) is 5.25. The number of nitrogens with zero attached hydrogens (tertiary/aromatic N) is 1. The number of hydrogen-bond donors (Lipinski definition) is 3. The van der Waals surface area contributed by atoms with E-state index in [1.165, 1.54) is 19.3 Å². The van der Waals surface area contributed by atoms with Crippen LogP contribution in [0.2, 0.25) is 5.02 Å². The van der Waals surface area contributed by atoms with Gasteiger partial charge in [-0.1, -0.05) is 24.1 Å². The molecule has 2 aromatic rings. The van der Waals surface area contributed by atoms with Crippen molar-refractivity contribution in [1.29, 1.82) is 0 Å². The molecule has 1 aromatic heterocycles. The SMILES string of the molecule is O[C@@H](CNC1CCC1)c1ccc(Cl)c2[nH]ncc12. The van der Waals surface area contributed by atoms with Crippen LogP contribution < -0.4 is 5.32 Å². The maximum absolute atomic E-state index is 10.2. The van der Waals surface area contributed by atoms with E-state index < -0.39 is 6.10 Å². The lowest BCUT2D eigenvalue weighted by Crippen LogP contribution is -2.37. The Balaban J connectivity index is 1.79. The molecule has 3 N–H and O–H groups in total. The van der Waals surface area contributed by atoms with Gasteiger partial charge in [0.2, 0.25) is 0 Å². The Morgan fingerprint density at radius 1 is 1.50 bits per heavy atom. The number of rotatable bonds is 4. The first kappa shape index (κ1) is 12.0. The largest absolute Gasteiger partial charge is 0.387 e. The summed E-state index contributed by atoms with van der Waals surface area (Å²) >= 11 is 6.07. The van der Waals surface area contributed by atoms with Gasteiger partial charge in [-0.25, -0.2) is 0 Å². The van der Waals surface area contributed by atoms with Gasteiger partial charge in [-0.2, -0.15) is 5.10 Å².